The van der Waals surface area contributed by atoms with E-state index in [0.717, 1.165) is 0 Å². The lowest BCUT2D eigenvalue weighted by Gasteiger charge is -2.11. The van der Waals surface area contributed by atoms with Crippen LogP contribution in [-0.2, 0) is 9.05 Å². The molecule has 0 aliphatic carbocycles. The van der Waals surface area contributed by atoms with E-state index < -0.39 is 15.2 Å². The molecule has 0 saturated carbocycles. The highest BCUT2D eigenvalue weighted by molar-refractivity contribution is 8.14. The van der Waals surface area contributed by atoms with E-state index in [0.29, 0.717) is 16.7 Å². The maximum Gasteiger partial charge on any atom is 0.261 e. The van der Waals surface area contributed by atoms with E-state index in [2.05, 4.69) is 4.98 Å². The lowest BCUT2D eigenvalue weighted by molar-refractivity contribution is 0.279. The smallest absolute Gasteiger partial charge is 0.261 e. The first kappa shape index (κ1) is 13.6. The number of hydrogen-bond acceptors (Lipinski definition) is 5. The molecule has 1 aromatic carbocycles. The molecule has 5 nitrogen and oxygen atoms in total. The molecule has 0 aliphatic heterocycles. The summed E-state index contributed by atoms with van der Waals surface area (Å²) in [5.41, 5.74) is 0.353. The first-order valence-corrected chi connectivity index (χ1v) is 7.63. The van der Waals surface area contributed by atoms with Crippen LogP contribution in [0.4, 0.5) is 0 Å². The van der Waals surface area contributed by atoms with Gasteiger partial charge in [0.25, 0.3) is 9.05 Å². The van der Waals surface area contributed by atoms with Crippen molar-refractivity contribution in [3.8, 4) is 11.8 Å². The molecule has 0 amide bonds. The van der Waals surface area contributed by atoms with Crippen LogP contribution in [-0.4, -0.2) is 19.5 Å². The van der Waals surface area contributed by atoms with Crippen LogP contribution in [0.1, 0.15) is 6.92 Å². The topological polar surface area (TPSA) is 80.0 Å². The maximum absolute atomic E-state index is 11.5. The molecule has 98 valence electrons. The van der Waals surface area contributed by atoms with E-state index in [-0.39, 0.29) is 4.90 Å². The van der Waals surface area contributed by atoms with Crippen molar-refractivity contribution < 1.29 is 13.2 Å². The first-order valence-electron chi connectivity index (χ1n) is 5.32. The van der Waals surface area contributed by atoms with Crippen molar-refractivity contribution in [2.24, 2.45) is 0 Å². The predicted molar refractivity (Wildman–Crippen MR) is 70.5 cm³/mol. The number of rotatable bonds is 3. The Bertz CT molecular complexity index is 768. The van der Waals surface area contributed by atoms with Crippen molar-refractivity contribution in [1.29, 1.82) is 5.26 Å². The van der Waals surface area contributed by atoms with Gasteiger partial charge in [-0.2, -0.15) is 5.26 Å². The lowest BCUT2D eigenvalue weighted by atomic mass is 10.2. The normalized spacial score (nSPS) is 12.9. The van der Waals surface area contributed by atoms with Gasteiger partial charge >= 0.3 is 0 Å². The van der Waals surface area contributed by atoms with Gasteiger partial charge < -0.3 is 4.74 Å². The largest absolute Gasteiger partial charge is 0.474 e. The molecular weight excluding hydrogens is 288 g/mol. The standard InChI is InChI=1S/C12H9ClN2O3S/c1-8(7-14)18-10-4-5-11(19(13,16)17)9-3-2-6-15-12(9)10/h2-6,8H,1H3. The molecule has 0 fully saturated rings. The van der Waals surface area contributed by atoms with Crippen LogP contribution in [0.3, 0.4) is 0 Å². The third-order valence-electron chi connectivity index (χ3n) is 2.44. The molecule has 0 bridgehead atoms. The molecule has 0 N–H and O–H groups in total. The van der Waals surface area contributed by atoms with E-state index in [1.54, 1.807) is 19.1 Å². The number of aromatic nitrogens is 1. The summed E-state index contributed by atoms with van der Waals surface area (Å²) in [5, 5.41) is 9.10. The number of nitriles is 1. The summed E-state index contributed by atoms with van der Waals surface area (Å²) in [4.78, 5) is 4.05. The fourth-order valence-corrected chi connectivity index (χ4v) is 2.71. The van der Waals surface area contributed by atoms with Gasteiger partial charge in [-0.15, -0.1) is 0 Å². The minimum Gasteiger partial charge on any atom is -0.474 e. The summed E-state index contributed by atoms with van der Waals surface area (Å²) >= 11 is 0. The molecule has 1 atom stereocenters. The average Bonchev–Trinajstić information content (AvgIpc) is 2.37. The zero-order valence-electron chi connectivity index (χ0n) is 9.87. The zero-order chi connectivity index (χ0) is 14.0. The van der Waals surface area contributed by atoms with Crippen molar-refractivity contribution in [2.45, 2.75) is 17.9 Å². The Kier molecular flexibility index (Phi) is 3.60. The maximum atomic E-state index is 11.5. The Hall–Kier alpha value is -1.84. The van der Waals surface area contributed by atoms with E-state index in [9.17, 15) is 8.42 Å². The summed E-state index contributed by atoms with van der Waals surface area (Å²) in [7, 11) is 1.51. The SMILES string of the molecule is CC(C#N)Oc1ccc(S(=O)(=O)Cl)c2cccnc12. The predicted octanol–water partition coefficient (Wildman–Crippen LogP) is 2.45. The van der Waals surface area contributed by atoms with Gasteiger partial charge in [-0.05, 0) is 31.2 Å². The molecule has 1 aromatic heterocycles. The van der Waals surface area contributed by atoms with Crippen molar-refractivity contribution >= 4 is 30.6 Å². The fourth-order valence-electron chi connectivity index (χ4n) is 1.65. The third kappa shape index (κ3) is 2.78. The average molecular weight is 297 g/mol. The summed E-state index contributed by atoms with van der Waals surface area (Å²) in [6, 6.07) is 7.90. The van der Waals surface area contributed by atoms with Crippen LogP contribution >= 0.6 is 10.7 Å². The Morgan fingerprint density at radius 3 is 2.79 bits per heavy atom. The van der Waals surface area contributed by atoms with Crippen LogP contribution in [0.2, 0.25) is 0 Å². The Balaban J connectivity index is 2.69. The van der Waals surface area contributed by atoms with E-state index >= 15 is 0 Å². The van der Waals surface area contributed by atoms with Crippen LogP contribution in [0.15, 0.2) is 35.4 Å². The van der Waals surface area contributed by atoms with Gasteiger partial charge in [-0.3, -0.25) is 4.98 Å². The molecule has 1 heterocycles. The number of hydrogen-bond donors (Lipinski definition) is 0. The third-order valence-corrected chi connectivity index (χ3v) is 3.82. The molecule has 0 spiro atoms. The monoisotopic (exact) mass is 296 g/mol. The van der Waals surface area contributed by atoms with Gasteiger partial charge in [-0.25, -0.2) is 8.42 Å². The highest BCUT2D eigenvalue weighted by Crippen LogP contribution is 2.31. The molecule has 0 saturated heterocycles. The van der Waals surface area contributed by atoms with Gasteiger partial charge in [-0.1, -0.05) is 0 Å². The van der Waals surface area contributed by atoms with Crippen molar-refractivity contribution in [3.63, 3.8) is 0 Å². The van der Waals surface area contributed by atoms with Crippen molar-refractivity contribution in [2.75, 3.05) is 0 Å². The highest BCUT2D eigenvalue weighted by Gasteiger charge is 2.17. The number of benzene rings is 1. The molecule has 19 heavy (non-hydrogen) atoms. The van der Waals surface area contributed by atoms with Gasteiger partial charge in [0.05, 0.1) is 4.90 Å². The molecule has 1 unspecified atom stereocenters. The number of fused-ring (bicyclic) bond motifs is 1. The van der Waals surface area contributed by atoms with Crippen molar-refractivity contribution in [1.82, 2.24) is 4.98 Å². The van der Waals surface area contributed by atoms with Crippen LogP contribution in [0.25, 0.3) is 10.9 Å². The van der Waals surface area contributed by atoms with E-state index in [1.165, 1.54) is 18.3 Å². The van der Waals surface area contributed by atoms with Gasteiger partial charge in [0, 0.05) is 22.3 Å². The molecule has 0 radical (unpaired) electrons. The molecule has 2 aromatic rings. The number of pyridine rings is 1. The Morgan fingerprint density at radius 2 is 2.16 bits per heavy atom. The summed E-state index contributed by atoms with van der Waals surface area (Å²) < 4.78 is 28.3. The van der Waals surface area contributed by atoms with Gasteiger partial charge in [0.15, 0.2) is 6.10 Å². The van der Waals surface area contributed by atoms with E-state index in [1.807, 2.05) is 6.07 Å². The number of ether oxygens (including phenoxy) is 1. The van der Waals surface area contributed by atoms with Crippen LogP contribution in [0.5, 0.6) is 5.75 Å². The molecule has 0 aliphatic rings. The first-order chi connectivity index (χ1) is 8.93. The summed E-state index contributed by atoms with van der Waals surface area (Å²) in [5.74, 6) is 0.341. The van der Waals surface area contributed by atoms with Gasteiger partial charge in [0.2, 0.25) is 0 Å². The van der Waals surface area contributed by atoms with Crippen LogP contribution in [0, 0.1) is 11.3 Å². The minimum absolute atomic E-state index is 0.0331. The second-order valence-corrected chi connectivity index (χ2v) is 6.32. The second-order valence-electron chi connectivity index (χ2n) is 3.79. The summed E-state index contributed by atoms with van der Waals surface area (Å²) in [6.07, 6.45) is 0.848. The minimum atomic E-state index is -3.87. The highest BCUT2D eigenvalue weighted by atomic mass is 35.7. The summed E-state index contributed by atoms with van der Waals surface area (Å²) in [6.45, 7) is 1.58. The zero-order valence-corrected chi connectivity index (χ0v) is 11.4. The quantitative estimate of drug-likeness (QED) is 0.813. The number of nitrogens with zero attached hydrogens (tertiary/aromatic N) is 2. The van der Waals surface area contributed by atoms with Crippen LogP contribution < -0.4 is 4.74 Å². The number of halogens is 1. The second kappa shape index (κ2) is 5.03. The Morgan fingerprint density at radius 1 is 1.42 bits per heavy atom. The lowest BCUT2D eigenvalue weighted by Crippen LogP contribution is -2.09. The van der Waals surface area contributed by atoms with Crippen molar-refractivity contribution in [3.05, 3.63) is 30.5 Å². The molecular formula is C12H9ClN2O3S. The van der Waals surface area contributed by atoms with E-state index in [4.69, 9.17) is 20.7 Å². The molecule has 7 heteroatoms. The molecule has 2 rings (SSSR count). The fraction of sp³-hybridized carbons (Fsp3) is 0.167. The Labute approximate surface area is 114 Å². The van der Waals surface area contributed by atoms with Gasteiger partial charge in [0.1, 0.15) is 17.3 Å².